The van der Waals surface area contributed by atoms with Crippen LogP contribution < -0.4 is 9.47 Å². The lowest BCUT2D eigenvalue weighted by Crippen LogP contribution is -2.44. The third-order valence-corrected chi connectivity index (χ3v) is 8.38. The fourth-order valence-corrected chi connectivity index (χ4v) is 7.12. The van der Waals surface area contributed by atoms with Crippen LogP contribution in [0.2, 0.25) is 0 Å². The van der Waals surface area contributed by atoms with Gasteiger partial charge in [0.25, 0.3) is 0 Å². The lowest BCUT2D eigenvalue weighted by atomic mass is 9.78. The Morgan fingerprint density at radius 2 is 1.09 bits per heavy atom. The van der Waals surface area contributed by atoms with Crippen LogP contribution >= 0.6 is 21.6 Å². The van der Waals surface area contributed by atoms with Crippen LogP contribution in [0.1, 0.15) is 50.8 Å². The number of benzene rings is 3. The molecule has 3 rings (SSSR count). The van der Waals surface area contributed by atoms with Crippen molar-refractivity contribution in [3.63, 3.8) is 0 Å². The first-order chi connectivity index (χ1) is 16.2. The zero-order chi connectivity index (χ0) is 24.8. The maximum Gasteiger partial charge on any atom is 0.144 e. The van der Waals surface area contributed by atoms with Crippen LogP contribution in [0.4, 0.5) is 0 Å². The van der Waals surface area contributed by atoms with Crippen molar-refractivity contribution in [2.75, 3.05) is 20.5 Å². The Morgan fingerprint density at radius 3 is 1.50 bits per heavy atom. The van der Waals surface area contributed by atoms with Crippen molar-refractivity contribution in [2.45, 2.75) is 50.1 Å². The van der Waals surface area contributed by atoms with Crippen LogP contribution in [0.15, 0.2) is 78.9 Å². The number of rotatable bonds is 11. The second kappa shape index (κ2) is 11.1. The largest absolute Gasteiger partial charge is 0.497 e. The van der Waals surface area contributed by atoms with Crippen LogP contribution in [0.5, 0.6) is 11.5 Å². The number of methoxy groups -OCH3 is 2. The summed E-state index contributed by atoms with van der Waals surface area (Å²) in [6.45, 7) is 8.95. The molecule has 182 valence electrons. The van der Waals surface area contributed by atoms with Crippen LogP contribution in [-0.2, 0) is 10.3 Å². The highest BCUT2D eigenvalue weighted by atomic mass is 33.1. The molecule has 0 aliphatic heterocycles. The Hall–Kier alpha value is -2.08. The quantitative estimate of drug-likeness (QED) is 0.198. The first-order valence-corrected chi connectivity index (χ1v) is 14.0. The van der Waals surface area contributed by atoms with Gasteiger partial charge in [-0.1, -0.05) is 76.2 Å². The van der Waals surface area contributed by atoms with E-state index in [1.54, 1.807) is 25.0 Å². The molecule has 0 spiro atoms. The summed E-state index contributed by atoms with van der Waals surface area (Å²) >= 11 is 0. The van der Waals surface area contributed by atoms with E-state index in [4.69, 9.17) is 14.2 Å². The maximum absolute atomic E-state index is 7.31. The first kappa shape index (κ1) is 26.5. The van der Waals surface area contributed by atoms with Crippen molar-refractivity contribution in [1.82, 2.24) is 0 Å². The number of hydrogen-bond donors (Lipinski definition) is 0. The minimum atomic E-state index is -0.816. The molecule has 5 heteroatoms. The van der Waals surface area contributed by atoms with Gasteiger partial charge in [0.2, 0.25) is 0 Å². The Balaban J connectivity index is 2.24. The molecule has 3 aromatic rings. The van der Waals surface area contributed by atoms with E-state index in [0.717, 1.165) is 34.6 Å². The lowest BCUT2D eigenvalue weighted by Gasteiger charge is -2.44. The summed E-state index contributed by atoms with van der Waals surface area (Å²) < 4.78 is 18.3. The predicted molar refractivity (Wildman–Crippen MR) is 147 cm³/mol. The fourth-order valence-electron chi connectivity index (χ4n) is 4.73. The molecular weight excluding hydrogens is 460 g/mol. The molecule has 3 aromatic carbocycles. The van der Waals surface area contributed by atoms with Crippen LogP contribution in [0.25, 0.3) is 0 Å². The van der Waals surface area contributed by atoms with Gasteiger partial charge in [-0.15, -0.1) is 0 Å². The molecule has 0 unspecified atom stereocenters. The molecular formula is C29H36O3S2. The average molecular weight is 497 g/mol. The van der Waals surface area contributed by atoms with E-state index in [9.17, 15) is 0 Å². The van der Waals surface area contributed by atoms with Crippen LogP contribution in [0, 0.1) is 0 Å². The SMILES string of the molecule is COc1ccc(C(OC(C)(C)CC(C)(C)SSC)(c2ccccc2)c2ccc(OC)cc2)cc1. The van der Waals surface area contributed by atoms with Gasteiger partial charge >= 0.3 is 0 Å². The second-order valence-corrected chi connectivity index (χ2v) is 12.7. The zero-order valence-corrected chi connectivity index (χ0v) is 22.9. The van der Waals surface area contributed by atoms with Crippen molar-refractivity contribution in [2.24, 2.45) is 0 Å². The third kappa shape index (κ3) is 6.12. The van der Waals surface area contributed by atoms with Crippen molar-refractivity contribution < 1.29 is 14.2 Å². The number of ether oxygens (including phenoxy) is 3. The van der Waals surface area contributed by atoms with Gasteiger partial charge in [-0.3, -0.25) is 0 Å². The van der Waals surface area contributed by atoms with Crippen LogP contribution in [0.3, 0.4) is 0 Å². The molecule has 0 saturated carbocycles. The number of hydrogen-bond acceptors (Lipinski definition) is 5. The van der Waals surface area contributed by atoms with E-state index in [-0.39, 0.29) is 4.75 Å². The summed E-state index contributed by atoms with van der Waals surface area (Å²) in [7, 11) is 7.06. The molecule has 3 nitrogen and oxygen atoms in total. The first-order valence-electron chi connectivity index (χ1n) is 11.4. The topological polar surface area (TPSA) is 27.7 Å². The van der Waals surface area contributed by atoms with Crippen LogP contribution in [-0.4, -0.2) is 30.8 Å². The average Bonchev–Trinajstić information content (AvgIpc) is 2.82. The van der Waals surface area contributed by atoms with Gasteiger partial charge in [0.1, 0.15) is 17.1 Å². The highest BCUT2D eigenvalue weighted by Gasteiger charge is 2.44. The molecule has 0 radical (unpaired) electrons. The minimum Gasteiger partial charge on any atom is -0.497 e. The predicted octanol–water partition coefficient (Wildman–Crippen LogP) is 7.97. The molecule has 0 amide bonds. The molecule has 0 fully saturated rings. The molecule has 0 atom stereocenters. The third-order valence-electron chi connectivity index (χ3n) is 5.76. The normalized spacial score (nSPS) is 12.4. The summed E-state index contributed by atoms with van der Waals surface area (Å²) in [5.74, 6) is 1.63. The molecule has 0 bridgehead atoms. The molecule has 0 heterocycles. The van der Waals surface area contributed by atoms with E-state index in [0.29, 0.717) is 0 Å². The van der Waals surface area contributed by atoms with Crippen molar-refractivity contribution in [3.05, 3.63) is 95.6 Å². The van der Waals surface area contributed by atoms with Gasteiger partial charge in [0.05, 0.1) is 19.8 Å². The molecule has 34 heavy (non-hydrogen) atoms. The molecule has 0 aliphatic rings. The monoisotopic (exact) mass is 496 g/mol. The summed E-state index contributed by atoms with van der Waals surface area (Å²) in [5.41, 5.74) is 1.93. The van der Waals surface area contributed by atoms with E-state index < -0.39 is 11.2 Å². The van der Waals surface area contributed by atoms with E-state index >= 15 is 0 Å². The Labute approximate surface area is 213 Å². The summed E-state index contributed by atoms with van der Waals surface area (Å²) in [5, 5.41) is 0. The molecule has 0 aliphatic carbocycles. The Bertz CT molecular complexity index is 982. The minimum absolute atomic E-state index is 0.0468. The van der Waals surface area contributed by atoms with Gasteiger partial charge in [-0.25, -0.2) is 0 Å². The highest BCUT2D eigenvalue weighted by molar-refractivity contribution is 8.76. The molecule has 0 N–H and O–H groups in total. The lowest BCUT2D eigenvalue weighted by molar-refractivity contribution is -0.109. The summed E-state index contributed by atoms with van der Waals surface area (Å²) in [6, 6.07) is 26.9. The fraction of sp³-hybridized carbons (Fsp3) is 0.379. The van der Waals surface area contributed by atoms with Crippen molar-refractivity contribution in [1.29, 1.82) is 0 Å². The molecule has 0 aromatic heterocycles. The van der Waals surface area contributed by atoms with Gasteiger partial charge in [-0.05, 0) is 81.3 Å². The smallest absolute Gasteiger partial charge is 0.144 e. The second-order valence-electron chi connectivity index (χ2n) is 9.55. The van der Waals surface area contributed by atoms with Gasteiger partial charge in [0, 0.05) is 4.75 Å². The Kier molecular flexibility index (Phi) is 8.66. The van der Waals surface area contributed by atoms with Gasteiger partial charge in [0.15, 0.2) is 0 Å². The summed E-state index contributed by atoms with van der Waals surface area (Å²) in [6.07, 6.45) is 3.01. The highest BCUT2D eigenvalue weighted by Crippen LogP contribution is 2.47. The summed E-state index contributed by atoms with van der Waals surface area (Å²) in [4.78, 5) is 0. The standard InChI is InChI=1S/C29H36O3S2/c1-27(2,21-28(3,4)34-33-7)32-29(22-11-9-8-10-12-22,23-13-17-25(30-5)18-14-23)24-15-19-26(31-6)20-16-24/h8-20H,21H2,1-7H3. The Morgan fingerprint density at radius 1 is 0.647 bits per heavy atom. The maximum atomic E-state index is 7.31. The van der Waals surface area contributed by atoms with E-state index in [2.05, 4.69) is 82.5 Å². The van der Waals surface area contributed by atoms with E-state index in [1.165, 1.54) is 0 Å². The zero-order valence-electron chi connectivity index (χ0n) is 21.3. The van der Waals surface area contributed by atoms with Crippen molar-refractivity contribution in [3.8, 4) is 11.5 Å². The van der Waals surface area contributed by atoms with Gasteiger partial charge < -0.3 is 14.2 Å². The van der Waals surface area contributed by atoms with E-state index in [1.807, 2.05) is 41.1 Å². The van der Waals surface area contributed by atoms with Gasteiger partial charge in [-0.2, -0.15) is 0 Å². The van der Waals surface area contributed by atoms with Crippen molar-refractivity contribution >= 4 is 21.6 Å². The molecule has 0 saturated heterocycles.